The molecule has 0 fully saturated rings. The first-order chi connectivity index (χ1) is 15.2. The lowest BCUT2D eigenvalue weighted by atomic mass is 10.1. The number of nitrogens with one attached hydrogen (secondary N) is 2. The van der Waals surface area contributed by atoms with Crippen LogP contribution in [0.5, 0.6) is 0 Å². The fourth-order valence-electron chi connectivity index (χ4n) is 3.23. The van der Waals surface area contributed by atoms with Crippen LogP contribution in [-0.2, 0) is 22.7 Å². The standard InChI is InChI=1S/C24H35N5O2/c1-2-3-4-5-6-11-16-29(19-23(30)27-17-21-12-7-9-14-25-21)20-24(31)28-18-22-13-8-10-15-26-22/h7-10,12-15H,2-6,11,16-20H2,1H3,(H,27,30)(H,28,31). The van der Waals surface area contributed by atoms with Crippen LogP contribution in [0.1, 0.15) is 56.8 Å². The molecule has 0 bridgehead atoms. The van der Waals surface area contributed by atoms with Crippen molar-refractivity contribution in [3.63, 3.8) is 0 Å². The Balaban J connectivity index is 1.79. The highest BCUT2D eigenvalue weighted by Gasteiger charge is 2.14. The first kappa shape index (κ1) is 24.5. The smallest absolute Gasteiger partial charge is 0.234 e. The van der Waals surface area contributed by atoms with Gasteiger partial charge in [-0.1, -0.05) is 51.2 Å². The Labute approximate surface area is 185 Å². The molecule has 168 valence electrons. The van der Waals surface area contributed by atoms with Crippen LogP contribution < -0.4 is 10.6 Å². The topological polar surface area (TPSA) is 87.2 Å². The summed E-state index contributed by atoms with van der Waals surface area (Å²) >= 11 is 0. The van der Waals surface area contributed by atoms with Crippen LogP contribution in [0.2, 0.25) is 0 Å². The van der Waals surface area contributed by atoms with E-state index >= 15 is 0 Å². The molecule has 0 aliphatic carbocycles. The van der Waals surface area contributed by atoms with Crippen LogP contribution in [-0.4, -0.2) is 46.3 Å². The molecule has 0 radical (unpaired) electrons. The van der Waals surface area contributed by atoms with Gasteiger partial charge in [0.25, 0.3) is 0 Å². The SMILES string of the molecule is CCCCCCCCN(CC(=O)NCc1ccccn1)CC(=O)NCc1ccccn1. The van der Waals surface area contributed by atoms with Crippen molar-refractivity contribution < 1.29 is 9.59 Å². The molecule has 2 aromatic rings. The second kappa shape index (κ2) is 15.1. The Kier molecular flexibility index (Phi) is 11.9. The van der Waals surface area contributed by atoms with Crippen molar-refractivity contribution in [3.8, 4) is 0 Å². The van der Waals surface area contributed by atoms with Crippen LogP contribution >= 0.6 is 0 Å². The maximum absolute atomic E-state index is 12.4. The van der Waals surface area contributed by atoms with Gasteiger partial charge in [-0.15, -0.1) is 0 Å². The van der Waals surface area contributed by atoms with Crippen LogP contribution in [0.4, 0.5) is 0 Å². The van der Waals surface area contributed by atoms with Crippen molar-refractivity contribution in [1.82, 2.24) is 25.5 Å². The molecule has 0 aromatic carbocycles. The van der Waals surface area contributed by atoms with Crippen LogP contribution in [0.3, 0.4) is 0 Å². The van der Waals surface area contributed by atoms with E-state index in [0.29, 0.717) is 13.1 Å². The van der Waals surface area contributed by atoms with E-state index in [4.69, 9.17) is 0 Å². The van der Waals surface area contributed by atoms with Gasteiger partial charge in [0.1, 0.15) is 0 Å². The van der Waals surface area contributed by atoms with Gasteiger partial charge >= 0.3 is 0 Å². The molecule has 2 aromatic heterocycles. The number of carbonyl (C=O) groups excluding carboxylic acids is 2. The Hall–Kier alpha value is -2.80. The second-order valence-corrected chi connectivity index (χ2v) is 7.67. The zero-order chi connectivity index (χ0) is 22.2. The lowest BCUT2D eigenvalue weighted by Crippen LogP contribution is -2.43. The lowest BCUT2D eigenvalue weighted by Gasteiger charge is -2.21. The summed E-state index contributed by atoms with van der Waals surface area (Å²) in [6, 6.07) is 11.2. The number of carbonyl (C=O) groups is 2. The molecule has 0 unspecified atom stereocenters. The molecular formula is C24H35N5O2. The zero-order valence-electron chi connectivity index (χ0n) is 18.6. The van der Waals surface area contributed by atoms with Crippen molar-refractivity contribution in [2.24, 2.45) is 0 Å². The molecular weight excluding hydrogens is 390 g/mol. The fraction of sp³-hybridized carbons (Fsp3) is 0.500. The molecule has 7 nitrogen and oxygen atoms in total. The largest absolute Gasteiger partial charge is 0.349 e. The number of amides is 2. The molecule has 0 atom stereocenters. The molecule has 2 heterocycles. The van der Waals surface area contributed by atoms with Gasteiger partial charge in [0.05, 0.1) is 37.6 Å². The lowest BCUT2D eigenvalue weighted by molar-refractivity contribution is -0.125. The van der Waals surface area contributed by atoms with E-state index in [2.05, 4.69) is 27.5 Å². The molecule has 0 saturated heterocycles. The van der Waals surface area contributed by atoms with Gasteiger partial charge < -0.3 is 10.6 Å². The summed E-state index contributed by atoms with van der Waals surface area (Å²) in [6.45, 7) is 4.08. The summed E-state index contributed by atoms with van der Waals surface area (Å²) in [4.78, 5) is 35.2. The van der Waals surface area contributed by atoms with Gasteiger partial charge in [-0.3, -0.25) is 24.5 Å². The van der Waals surface area contributed by atoms with Crippen LogP contribution in [0, 0.1) is 0 Å². The predicted octanol–water partition coefficient (Wildman–Crippen LogP) is 3.07. The minimum atomic E-state index is -0.103. The van der Waals surface area contributed by atoms with Crippen molar-refractivity contribution >= 4 is 11.8 Å². The molecule has 31 heavy (non-hydrogen) atoms. The average Bonchev–Trinajstić information content (AvgIpc) is 2.80. The van der Waals surface area contributed by atoms with E-state index in [9.17, 15) is 9.59 Å². The molecule has 2 N–H and O–H groups in total. The van der Waals surface area contributed by atoms with Crippen LogP contribution in [0.15, 0.2) is 48.8 Å². The molecule has 0 saturated carbocycles. The fourth-order valence-corrected chi connectivity index (χ4v) is 3.23. The summed E-state index contributed by atoms with van der Waals surface area (Å²) < 4.78 is 0. The van der Waals surface area contributed by atoms with Crippen molar-refractivity contribution in [1.29, 1.82) is 0 Å². The molecule has 2 amide bonds. The molecule has 7 heteroatoms. The molecule has 2 rings (SSSR count). The van der Waals surface area contributed by atoms with E-state index in [0.717, 1.165) is 30.8 Å². The maximum atomic E-state index is 12.4. The van der Waals surface area contributed by atoms with Crippen molar-refractivity contribution in [2.45, 2.75) is 58.5 Å². The van der Waals surface area contributed by atoms with Gasteiger partial charge in [-0.2, -0.15) is 0 Å². The number of aromatic nitrogens is 2. The third-order valence-corrected chi connectivity index (χ3v) is 4.95. The number of unbranched alkanes of at least 4 members (excludes halogenated alkanes) is 5. The van der Waals surface area contributed by atoms with E-state index < -0.39 is 0 Å². The highest BCUT2D eigenvalue weighted by Crippen LogP contribution is 2.06. The third kappa shape index (κ3) is 11.2. The Bertz CT molecular complexity index is 698. The zero-order valence-corrected chi connectivity index (χ0v) is 18.6. The number of hydrogen-bond acceptors (Lipinski definition) is 5. The summed E-state index contributed by atoms with van der Waals surface area (Å²) in [5.41, 5.74) is 1.62. The van der Waals surface area contributed by atoms with Crippen molar-refractivity contribution in [2.75, 3.05) is 19.6 Å². The Morgan fingerprint density at radius 3 is 1.77 bits per heavy atom. The minimum absolute atomic E-state index is 0.103. The predicted molar refractivity (Wildman–Crippen MR) is 122 cm³/mol. The Morgan fingerprint density at radius 1 is 0.774 bits per heavy atom. The van der Waals surface area contributed by atoms with Gasteiger partial charge in [-0.05, 0) is 37.2 Å². The number of hydrogen-bond donors (Lipinski definition) is 2. The number of pyridine rings is 2. The average molecular weight is 426 g/mol. The summed E-state index contributed by atoms with van der Waals surface area (Å²) in [6.07, 6.45) is 10.4. The van der Waals surface area contributed by atoms with E-state index in [-0.39, 0.29) is 24.9 Å². The summed E-state index contributed by atoms with van der Waals surface area (Å²) in [5, 5.41) is 5.79. The van der Waals surface area contributed by atoms with Gasteiger partial charge in [0.15, 0.2) is 0 Å². The summed E-state index contributed by atoms with van der Waals surface area (Å²) in [5.74, 6) is -0.205. The second-order valence-electron chi connectivity index (χ2n) is 7.67. The first-order valence-electron chi connectivity index (χ1n) is 11.2. The van der Waals surface area contributed by atoms with E-state index in [1.54, 1.807) is 12.4 Å². The van der Waals surface area contributed by atoms with Gasteiger partial charge in [-0.25, -0.2) is 0 Å². The maximum Gasteiger partial charge on any atom is 0.234 e. The van der Waals surface area contributed by atoms with E-state index in [1.807, 2.05) is 41.3 Å². The highest BCUT2D eigenvalue weighted by molar-refractivity contribution is 5.81. The molecule has 0 aliphatic rings. The summed E-state index contributed by atoms with van der Waals surface area (Å²) in [7, 11) is 0. The monoisotopic (exact) mass is 425 g/mol. The number of rotatable bonds is 15. The number of nitrogens with zero attached hydrogens (tertiary/aromatic N) is 3. The first-order valence-corrected chi connectivity index (χ1v) is 11.2. The van der Waals surface area contributed by atoms with Gasteiger partial charge in [0.2, 0.25) is 11.8 Å². The van der Waals surface area contributed by atoms with E-state index in [1.165, 1.54) is 25.7 Å². The Morgan fingerprint density at radius 2 is 1.29 bits per heavy atom. The third-order valence-electron chi connectivity index (χ3n) is 4.95. The van der Waals surface area contributed by atoms with Crippen LogP contribution in [0.25, 0.3) is 0 Å². The minimum Gasteiger partial charge on any atom is -0.349 e. The van der Waals surface area contributed by atoms with Crippen molar-refractivity contribution in [3.05, 3.63) is 60.2 Å². The molecule has 0 spiro atoms. The highest BCUT2D eigenvalue weighted by atomic mass is 16.2. The van der Waals surface area contributed by atoms with Gasteiger partial charge in [0, 0.05) is 12.4 Å². The normalized spacial score (nSPS) is 10.8. The quantitative estimate of drug-likeness (QED) is 0.428. The molecule has 0 aliphatic heterocycles.